The lowest BCUT2D eigenvalue weighted by Gasteiger charge is -2.11. The summed E-state index contributed by atoms with van der Waals surface area (Å²) in [6.07, 6.45) is 1.17. The van der Waals surface area contributed by atoms with E-state index < -0.39 is 9.84 Å². The molecule has 0 aliphatic carbocycles. The Balaban J connectivity index is 1.77. The van der Waals surface area contributed by atoms with Gasteiger partial charge in [-0.3, -0.25) is 4.79 Å². The summed E-state index contributed by atoms with van der Waals surface area (Å²) in [7, 11) is -3.22. The molecular weight excluding hydrogens is 440 g/mol. The first-order valence-corrected chi connectivity index (χ1v) is 11.4. The Kier molecular flexibility index (Phi) is 5.76. The van der Waals surface area contributed by atoms with E-state index in [1.807, 2.05) is 48.7 Å². The minimum absolute atomic E-state index is 0.165. The van der Waals surface area contributed by atoms with Crippen LogP contribution in [0.2, 0.25) is 0 Å². The van der Waals surface area contributed by atoms with Crippen molar-refractivity contribution in [1.29, 1.82) is 0 Å². The average molecular weight is 461 g/mol. The van der Waals surface area contributed by atoms with Crippen molar-refractivity contribution >= 4 is 31.7 Å². The number of benzene rings is 2. The van der Waals surface area contributed by atoms with Crippen molar-refractivity contribution < 1.29 is 13.2 Å². The molecule has 0 saturated carbocycles. The second-order valence-corrected chi connectivity index (χ2v) is 9.63. The van der Waals surface area contributed by atoms with Crippen LogP contribution in [0.25, 0.3) is 5.69 Å². The van der Waals surface area contributed by atoms with Crippen LogP contribution in [-0.4, -0.2) is 25.1 Å². The Bertz CT molecular complexity index is 1130. The number of aryl methyl sites for hydroxylation is 1. The van der Waals surface area contributed by atoms with Gasteiger partial charge in [0.25, 0.3) is 5.91 Å². The SMILES string of the molecule is Cc1cc(C(=O)NCc2ccc(S(C)(=O)=O)cc2)c(C)n1-c1cccc(Br)c1. The van der Waals surface area contributed by atoms with Gasteiger partial charge in [-0.05, 0) is 55.8 Å². The second kappa shape index (κ2) is 7.93. The number of nitrogens with one attached hydrogen (secondary N) is 1. The lowest BCUT2D eigenvalue weighted by atomic mass is 10.2. The van der Waals surface area contributed by atoms with E-state index in [-0.39, 0.29) is 10.8 Å². The Morgan fingerprint density at radius 1 is 1.07 bits per heavy atom. The highest BCUT2D eigenvalue weighted by atomic mass is 79.9. The minimum Gasteiger partial charge on any atom is -0.348 e. The molecule has 0 aliphatic rings. The average Bonchev–Trinajstić information content (AvgIpc) is 2.93. The number of carbonyl (C=O) groups is 1. The predicted octanol–water partition coefficient (Wildman–Crippen LogP) is 4.19. The fourth-order valence-corrected chi connectivity index (χ4v) is 4.15. The molecule has 0 atom stereocenters. The zero-order chi connectivity index (χ0) is 20.5. The van der Waals surface area contributed by atoms with E-state index in [1.54, 1.807) is 24.3 Å². The topological polar surface area (TPSA) is 68.2 Å². The van der Waals surface area contributed by atoms with Crippen LogP contribution in [0.5, 0.6) is 0 Å². The summed E-state index contributed by atoms with van der Waals surface area (Å²) in [6, 6.07) is 16.3. The van der Waals surface area contributed by atoms with Crippen molar-refractivity contribution in [3.8, 4) is 5.69 Å². The van der Waals surface area contributed by atoms with Crippen molar-refractivity contribution in [2.45, 2.75) is 25.3 Å². The Hall–Kier alpha value is -2.38. The van der Waals surface area contributed by atoms with Gasteiger partial charge in [-0.1, -0.05) is 34.1 Å². The molecule has 2 aromatic carbocycles. The smallest absolute Gasteiger partial charge is 0.253 e. The van der Waals surface area contributed by atoms with E-state index in [9.17, 15) is 13.2 Å². The quantitative estimate of drug-likeness (QED) is 0.620. The van der Waals surface area contributed by atoms with Crippen LogP contribution in [0.3, 0.4) is 0 Å². The maximum Gasteiger partial charge on any atom is 0.253 e. The van der Waals surface area contributed by atoms with Crippen LogP contribution in [0.15, 0.2) is 64.0 Å². The molecule has 3 aromatic rings. The fraction of sp³-hybridized carbons (Fsp3) is 0.190. The molecule has 0 unspecified atom stereocenters. The van der Waals surface area contributed by atoms with Crippen LogP contribution in [0, 0.1) is 13.8 Å². The molecule has 0 bridgehead atoms. The third-order valence-corrected chi connectivity index (χ3v) is 6.17. The number of hydrogen-bond donors (Lipinski definition) is 1. The Morgan fingerprint density at radius 3 is 2.36 bits per heavy atom. The normalized spacial score (nSPS) is 11.4. The number of nitrogens with zero attached hydrogens (tertiary/aromatic N) is 1. The summed E-state index contributed by atoms with van der Waals surface area (Å²) in [5, 5.41) is 2.91. The molecule has 1 amide bonds. The van der Waals surface area contributed by atoms with E-state index >= 15 is 0 Å². The Labute approximate surface area is 173 Å². The maximum atomic E-state index is 12.7. The number of rotatable bonds is 5. The molecule has 7 heteroatoms. The zero-order valence-electron chi connectivity index (χ0n) is 15.9. The third-order valence-electron chi connectivity index (χ3n) is 4.55. The standard InChI is InChI=1S/C21H21BrN2O3S/c1-14-11-20(15(2)24(14)18-6-4-5-17(22)12-18)21(25)23-13-16-7-9-19(10-8-16)28(3,26)27/h4-12H,13H2,1-3H3,(H,23,25). The number of aromatic nitrogens is 1. The summed E-state index contributed by atoms with van der Waals surface area (Å²) >= 11 is 3.48. The third kappa shape index (κ3) is 4.36. The molecule has 3 rings (SSSR count). The minimum atomic E-state index is -3.22. The summed E-state index contributed by atoms with van der Waals surface area (Å²) in [4.78, 5) is 13.0. The predicted molar refractivity (Wildman–Crippen MR) is 114 cm³/mol. The van der Waals surface area contributed by atoms with Crippen LogP contribution < -0.4 is 5.32 Å². The molecule has 5 nitrogen and oxygen atoms in total. The molecular formula is C21H21BrN2O3S. The number of amides is 1. The van der Waals surface area contributed by atoms with Gasteiger partial charge in [-0.15, -0.1) is 0 Å². The van der Waals surface area contributed by atoms with Gasteiger partial charge >= 0.3 is 0 Å². The molecule has 146 valence electrons. The largest absolute Gasteiger partial charge is 0.348 e. The van der Waals surface area contributed by atoms with Crippen molar-refractivity contribution in [3.05, 3.63) is 81.6 Å². The number of carbonyl (C=O) groups excluding carboxylic acids is 1. The van der Waals surface area contributed by atoms with Crippen molar-refractivity contribution in [3.63, 3.8) is 0 Å². The van der Waals surface area contributed by atoms with Crippen LogP contribution in [0.1, 0.15) is 27.3 Å². The van der Waals surface area contributed by atoms with Gasteiger partial charge in [-0.25, -0.2) is 8.42 Å². The molecule has 28 heavy (non-hydrogen) atoms. The van der Waals surface area contributed by atoms with Gasteiger partial charge in [0.05, 0.1) is 10.5 Å². The first-order chi connectivity index (χ1) is 13.2. The van der Waals surface area contributed by atoms with E-state index in [1.165, 1.54) is 6.26 Å². The van der Waals surface area contributed by atoms with Crippen molar-refractivity contribution in [1.82, 2.24) is 9.88 Å². The monoisotopic (exact) mass is 460 g/mol. The molecule has 0 fully saturated rings. The summed E-state index contributed by atoms with van der Waals surface area (Å²) in [5.74, 6) is -0.165. The summed E-state index contributed by atoms with van der Waals surface area (Å²) < 4.78 is 26.1. The lowest BCUT2D eigenvalue weighted by molar-refractivity contribution is 0.0950. The lowest BCUT2D eigenvalue weighted by Crippen LogP contribution is -2.23. The highest BCUT2D eigenvalue weighted by molar-refractivity contribution is 9.10. The molecule has 1 aromatic heterocycles. The van der Waals surface area contributed by atoms with E-state index in [0.29, 0.717) is 12.1 Å². The molecule has 0 radical (unpaired) electrons. The molecule has 1 N–H and O–H groups in total. The van der Waals surface area contributed by atoms with E-state index in [2.05, 4.69) is 21.2 Å². The van der Waals surface area contributed by atoms with Crippen LogP contribution in [-0.2, 0) is 16.4 Å². The summed E-state index contributed by atoms with van der Waals surface area (Å²) in [6.45, 7) is 4.21. The number of hydrogen-bond acceptors (Lipinski definition) is 3. The first kappa shape index (κ1) is 20.4. The van der Waals surface area contributed by atoms with E-state index in [4.69, 9.17) is 0 Å². The molecule has 0 spiro atoms. The van der Waals surface area contributed by atoms with Crippen molar-refractivity contribution in [2.24, 2.45) is 0 Å². The van der Waals surface area contributed by atoms with Crippen molar-refractivity contribution in [2.75, 3.05) is 6.26 Å². The van der Waals surface area contributed by atoms with E-state index in [0.717, 1.165) is 27.1 Å². The second-order valence-electron chi connectivity index (χ2n) is 6.70. The van der Waals surface area contributed by atoms with Gasteiger partial charge in [0, 0.05) is 34.3 Å². The zero-order valence-corrected chi connectivity index (χ0v) is 18.3. The van der Waals surface area contributed by atoms with Gasteiger partial charge < -0.3 is 9.88 Å². The summed E-state index contributed by atoms with van der Waals surface area (Å²) in [5.41, 5.74) is 4.27. The van der Waals surface area contributed by atoms with Gasteiger partial charge in [0.2, 0.25) is 0 Å². The highest BCUT2D eigenvalue weighted by Crippen LogP contribution is 2.23. The van der Waals surface area contributed by atoms with Gasteiger partial charge in [0.1, 0.15) is 0 Å². The first-order valence-electron chi connectivity index (χ1n) is 8.69. The molecule has 0 aliphatic heterocycles. The molecule has 1 heterocycles. The highest BCUT2D eigenvalue weighted by Gasteiger charge is 2.17. The van der Waals surface area contributed by atoms with Crippen LogP contribution in [0.4, 0.5) is 0 Å². The maximum absolute atomic E-state index is 12.7. The van der Waals surface area contributed by atoms with Crippen LogP contribution >= 0.6 is 15.9 Å². The molecule has 0 saturated heterocycles. The number of halogens is 1. The van der Waals surface area contributed by atoms with Gasteiger partial charge in [0.15, 0.2) is 9.84 Å². The fourth-order valence-electron chi connectivity index (χ4n) is 3.14. The number of sulfone groups is 1. The van der Waals surface area contributed by atoms with Gasteiger partial charge in [-0.2, -0.15) is 0 Å². The Morgan fingerprint density at radius 2 is 1.75 bits per heavy atom.